The lowest BCUT2D eigenvalue weighted by Crippen LogP contribution is -2.55. The highest BCUT2D eigenvalue weighted by molar-refractivity contribution is 5.79. The second-order valence-electron chi connectivity index (χ2n) is 7.09. The van der Waals surface area contributed by atoms with E-state index in [1.165, 1.54) is 0 Å². The fourth-order valence-corrected chi connectivity index (χ4v) is 3.33. The van der Waals surface area contributed by atoms with Crippen molar-refractivity contribution in [3.05, 3.63) is 61.1 Å². The van der Waals surface area contributed by atoms with Crippen molar-refractivity contribution in [2.75, 3.05) is 20.1 Å². The van der Waals surface area contributed by atoms with Crippen molar-refractivity contribution in [2.24, 2.45) is 12.0 Å². The van der Waals surface area contributed by atoms with Gasteiger partial charge < -0.3 is 10.2 Å². The zero-order valence-electron chi connectivity index (χ0n) is 18.3. The molecule has 0 bridgehead atoms. The standard InChI is InChI=1S/C22H24N6.C2H6/c1-15(28(4)19-12-24-13-19)20-9-16(5-8-22(20)23-2)17-6-7-21(25-10-17)18-11-26-27(3)14-18;1-2/h5-11,14,19,24H,1-2,12-13H2,3-4H3;1-2H3. The highest BCUT2D eigenvalue weighted by Crippen LogP contribution is 2.33. The number of rotatable bonds is 6. The molecule has 30 heavy (non-hydrogen) atoms. The summed E-state index contributed by atoms with van der Waals surface area (Å²) in [6.45, 7) is 14.0. The summed E-state index contributed by atoms with van der Waals surface area (Å²) in [6, 6.07) is 10.7. The molecular formula is C24H30N6. The topological polar surface area (TPSA) is 58.3 Å². The molecule has 0 saturated carbocycles. The first-order chi connectivity index (χ1) is 14.6. The van der Waals surface area contributed by atoms with E-state index >= 15 is 0 Å². The molecule has 1 saturated heterocycles. The first-order valence-corrected chi connectivity index (χ1v) is 10.3. The summed E-state index contributed by atoms with van der Waals surface area (Å²) in [4.78, 5) is 11.0. The molecule has 0 unspecified atom stereocenters. The summed E-state index contributed by atoms with van der Waals surface area (Å²) in [6.07, 6.45) is 5.67. The Balaban J connectivity index is 0.00000124. The summed E-state index contributed by atoms with van der Waals surface area (Å²) >= 11 is 0. The lowest BCUT2D eigenvalue weighted by atomic mass is 9.99. The fraction of sp³-hybridized carbons (Fsp3) is 0.292. The first-order valence-electron chi connectivity index (χ1n) is 10.3. The SMILES string of the molecule is C=Nc1ccc(-c2ccc(-c3cnn(C)c3)nc2)cc1C(=C)N(C)C1CNC1.CC. The molecule has 1 aromatic carbocycles. The summed E-state index contributed by atoms with van der Waals surface area (Å²) in [7, 11) is 3.98. The number of aromatic nitrogens is 3. The van der Waals surface area contributed by atoms with Crippen molar-refractivity contribution in [3.8, 4) is 22.4 Å². The van der Waals surface area contributed by atoms with Crippen LogP contribution >= 0.6 is 0 Å². The van der Waals surface area contributed by atoms with Crippen molar-refractivity contribution in [1.82, 2.24) is 25.0 Å². The van der Waals surface area contributed by atoms with E-state index < -0.39 is 0 Å². The van der Waals surface area contributed by atoms with Gasteiger partial charge in [-0.2, -0.15) is 5.10 Å². The Morgan fingerprint density at radius 1 is 1.13 bits per heavy atom. The van der Waals surface area contributed by atoms with Gasteiger partial charge in [-0.1, -0.05) is 32.6 Å². The predicted octanol–water partition coefficient (Wildman–Crippen LogP) is 4.38. The lowest BCUT2D eigenvalue weighted by Gasteiger charge is -2.38. The van der Waals surface area contributed by atoms with Crippen LogP contribution in [0.15, 0.2) is 60.5 Å². The highest BCUT2D eigenvalue weighted by atomic mass is 15.2. The number of pyridine rings is 1. The number of hydrogen-bond acceptors (Lipinski definition) is 5. The fourth-order valence-electron chi connectivity index (χ4n) is 3.33. The maximum Gasteiger partial charge on any atom is 0.0733 e. The Kier molecular flexibility index (Phi) is 6.79. The van der Waals surface area contributed by atoms with Gasteiger partial charge in [0.15, 0.2) is 0 Å². The Bertz CT molecular complexity index is 1010. The molecule has 0 aliphatic carbocycles. The summed E-state index contributed by atoms with van der Waals surface area (Å²) in [5.74, 6) is 0. The lowest BCUT2D eigenvalue weighted by molar-refractivity contribution is 0.254. The van der Waals surface area contributed by atoms with Gasteiger partial charge in [-0.05, 0) is 30.5 Å². The molecule has 1 fully saturated rings. The van der Waals surface area contributed by atoms with Crippen LogP contribution in [0.5, 0.6) is 0 Å². The van der Waals surface area contributed by atoms with Crippen LogP contribution in [0.4, 0.5) is 5.69 Å². The molecule has 1 aliphatic heterocycles. The van der Waals surface area contributed by atoms with Crippen molar-refractivity contribution in [3.63, 3.8) is 0 Å². The van der Waals surface area contributed by atoms with E-state index in [0.717, 1.165) is 52.4 Å². The van der Waals surface area contributed by atoms with E-state index in [0.29, 0.717) is 6.04 Å². The monoisotopic (exact) mass is 402 g/mol. The largest absolute Gasteiger partial charge is 0.369 e. The third-order valence-corrected chi connectivity index (χ3v) is 5.31. The van der Waals surface area contributed by atoms with Crippen molar-refractivity contribution in [2.45, 2.75) is 19.9 Å². The molecule has 0 amide bonds. The third kappa shape index (κ3) is 4.33. The number of aryl methyl sites for hydroxylation is 1. The second kappa shape index (κ2) is 9.50. The number of nitrogens with one attached hydrogen (secondary N) is 1. The third-order valence-electron chi connectivity index (χ3n) is 5.31. The molecule has 0 spiro atoms. The van der Waals surface area contributed by atoms with Crippen LogP contribution in [0.3, 0.4) is 0 Å². The summed E-state index contributed by atoms with van der Waals surface area (Å²) < 4.78 is 1.78. The maximum atomic E-state index is 4.61. The molecule has 4 rings (SSSR count). The van der Waals surface area contributed by atoms with E-state index in [1.54, 1.807) is 4.68 Å². The van der Waals surface area contributed by atoms with E-state index in [4.69, 9.17) is 0 Å². The minimum atomic E-state index is 0.467. The number of benzene rings is 1. The van der Waals surface area contributed by atoms with Gasteiger partial charge in [0.1, 0.15) is 0 Å². The molecule has 6 nitrogen and oxygen atoms in total. The molecule has 1 N–H and O–H groups in total. The second-order valence-corrected chi connectivity index (χ2v) is 7.09. The van der Waals surface area contributed by atoms with Gasteiger partial charge in [-0.15, -0.1) is 0 Å². The Hall–Kier alpha value is -3.25. The zero-order valence-corrected chi connectivity index (χ0v) is 18.3. The van der Waals surface area contributed by atoms with Gasteiger partial charge in [0.2, 0.25) is 0 Å². The summed E-state index contributed by atoms with van der Waals surface area (Å²) in [5.41, 5.74) is 6.83. The van der Waals surface area contributed by atoms with E-state index in [-0.39, 0.29) is 0 Å². The van der Waals surface area contributed by atoms with Gasteiger partial charge in [0.05, 0.1) is 23.6 Å². The van der Waals surface area contributed by atoms with E-state index in [2.05, 4.69) is 57.8 Å². The van der Waals surface area contributed by atoms with Crippen LogP contribution < -0.4 is 5.32 Å². The Labute approximate surface area is 179 Å². The average molecular weight is 403 g/mol. The van der Waals surface area contributed by atoms with Crippen LogP contribution in [-0.2, 0) is 7.05 Å². The minimum absolute atomic E-state index is 0.467. The van der Waals surface area contributed by atoms with Gasteiger partial charge in [-0.25, -0.2) is 0 Å². The van der Waals surface area contributed by atoms with Crippen molar-refractivity contribution in [1.29, 1.82) is 0 Å². The molecule has 3 heterocycles. The minimum Gasteiger partial charge on any atom is -0.369 e. The highest BCUT2D eigenvalue weighted by Gasteiger charge is 2.24. The number of hydrogen-bond donors (Lipinski definition) is 1. The number of nitrogens with zero attached hydrogens (tertiary/aromatic N) is 5. The van der Waals surface area contributed by atoms with Crippen LogP contribution in [0.1, 0.15) is 19.4 Å². The average Bonchev–Trinajstić information content (AvgIpc) is 3.19. The van der Waals surface area contributed by atoms with E-state index in [1.807, 2.05) is 57.7 Å². The zero-order chi connectivity index (χ0) is 21.7. The van der Waals surface area contributed by atoms with Gasteiger partial charge in [-0.3, -0.25) is 14.7 Å². The predicted molar refractivity (Wildman–Crippen MR) is 126 cm³/mol. The summed E-state index contributed by atoms with van der Waals surface area (Å²) in [5, 5.41) is 7.51. The van der Waals surface area contributed by atoms with Crippen LogP contribution in [0.2, 0.25) is 0 Å². The number of aliphatic imine (C=N–C) groups is 1. The van der Waals surface area contributed by atoms with Gasteiger partial charge in [0, 0.05) is 62.0 Å². The van der Waals surface area contributed by atoms with Crippen LogP contribution in [-0.4, -0.2) is 52.6 Å². The smallest absolute Gasteiger partial charge is 0.0733 e. The Morgan fingerprint density at radius 2 is 1.87 bits per heavy atom. The first kappa shape index (κ1) is 21.5. The van der Waals surface area contributed by atoms with Gasteiger partial charge in [0.25, 0.3) is 0 Å². The van der Waals surface area contributed by atoms with Crippen molar-refractivity contribution < 1.29 is 0 Å². The molecule has 6 heteroatoms. The Morgan fingerprint density at radius 3 is 2.40 bits per heavy atom. The normalized spacial score (nSPS) is 13.1. The molecule has 1 aliphatic rings. The molecule has 0 radical (unpaired) electrons. The molecular weight excluding hydrogens is 372 g/mol. The molecule has 2 aromatic heterocycles. The van der Waals surface area contributed by atoms with Gasteiger partial charge >= 0.3 is 0 Å². The molecule has 0 atom stereocenters. The number of likely N-dealkylation sites (N-methyl/N-ethyl adjacent to an activating group) is 1. The van der Waals surface area contributed by atoms with Crippen LogP contribution in [0, 0.1) is 0 Å². The maximum absolute atomic E-state index is 4.61. The molecule has 156 valence electrons. The molecule has 3 aromatic rings. The quantitative estimate of drug-likeness (QED) is 0.622. The van der Waals surface area contributed by atoms with Crippen molar-refractivity contribution >= 4 is 18.1 Å². The van der Waals surface area contributed by atoms with E-state index in [9.17, 15) is 0 Å². The van der Waals surface area contributed by atoms with Crippen LogP contribution in [0.25, 0.3) is 28.1 Å².